The number of fused-ring (bicyclic) bond motifs is 1. The summed E-state index contributed by atoms with van der Waals surface area (Å²) in [6.07, 6.45) is 6.89. The Balaban J connectivity index is 2.15. The van der Waals surface area contributed by atoms with E-state index in [0.29, 0.717) is 5.92 Å². The summed E-state index contributed by atoms with van der Waals surface area (Å²) in [4.78, 5) is 4.73. The lowest BCUT2D eigenvalue weighted by Crippen LogP contribution is -2.09. The molecule has 0 radical (unpaired) electrons. The molecule has 1 saturated carbocycles. The maximum absolute atomic E-state index is 5.58. The number of nitrogens with zero attached hydrogens (tertiary/aromatic N) is 3. The lowest BCUT2D eigenvalue weighted by Gasteiger charge is -2.11. The number of anilines is 1. The van der Waals surface area contributed by atoms with Crippen LogP contribution in [0.3, 0.4) is 0 Å². The van der Waals surface area contributed by atoms with Crippen molar-refractivity contribution in [2.45, 2.75) is 31.6 Å². The first-order valence-electron chi connectivity index (χ1n) is 6.09. The molecule has 2 aromatic heterocycles. The molecule has 1 fully saturated rings. The molecule has 5 heteroatoms. The summed E-state index contributed by atoms with van der Waals surface area (Å²) < 4.78 is 1.80. The van der Waals surface area contributed by atoms with E-state index in [1.807, 2.05) is 7.05 Å². The molecular weight excluding hydrogens is 214 g/mol. The van der Waals surface area contributed by atoms with Crippen molar-refractivity contribution >= 4 is 16.7 Å². The van der Waals surface area contributed by atoms with Crippen LogP contribution in [0.4, 0.5) is 5.69 Å². The highest BCUT2D eigenvalue weighted by Gasteiger charge is 2.20. The van der Waals surface area contributed by atoms with Crippen molar-refractivity contribution in [3.63, 3.8) is 0 Å². The number of rotatable bonds is 2. The van der Waals surface area contributed by atoms with E-state index < -0.39 is 0 Å². The van der Waals surface area contributed by atoms with Gasteiger partial charge in [0, 0.05) is 18.7 Å². The van der Waals surface area contributed by atoms with Gasteiger partial charge in [-0.1, -0.05) is 12.8 Å². The number of nitrogen functional groups attached to an aromatic ring is 1. The Morgan fingerprint density at radius 1 is 1.41 bits per heavy atom. The SMILES string of the molecule is Cn1ncc2c(NN)cc(C3CCCC3)nc21. The van der Waals surface area contributed by atoms with Gasteiger partial charge >= 0.3 is 0 Å². The summed E-state index contributed by atoms with van der Waals surface area (Å²) in [6, 6.07) is 2.07. The van der Waals surface area contributed by atoms with E-state index in [2.05, 4.69) is 16.6 Å². The first-order chi connectivity index (χ1) is 8.29. The second kappa shape index (κ2) is 4.00. The minimum Gasteiger partial charge on any atom is -0.323 e. The number of hydrazine groups is 1. The van der Waals surface area contributed by atoms with E-state index in [0.717, 1.165) is 22.4 Å². The average molecular weight is 231 g/mol. The summed E-state index contributed by atoms with van der Waals surface area (Å²) in [5, 5.41) is 5.21. The highest BCUT2D eigenvalue weighted by molar-refractivity contribution is 5.88. The van der Waals surface area contributed by atoms with Crippen LogP contribution in [-0.4, -0.2) is 14.8 Å². The molecule has 2 aromatic rings. The largest absolute Gasteiger partial charge is 0.323 e. The molecule has 1 aliphatic carbocycles. The summed E-state index contributed by atoms with van der Waals surface area (Å²) in [5.41, 5.74) is 5.73. The van der Waals surface area contributed by atoms with E-state index >= 15 is 0 Å². The highest BCUT2D eigenvalue weighted by atomic mass is 15.3. The van der Waals surface area contributed by atoms with Gasteiger partial charge in [0.1, 0.15) is 0 Å². The molecule has 90 valence electrons. The topological polar surface area (TPSA) is 68.8 Å². The van der Waals surface area contributed by atoms with Crippen LogP contribution in [-0.2, 0) is 7.05 Å². The van der Waals surface area contributed by atoms with Gasteiger partial charge in [0.05, 0.1) is 17.3 Å². The Hall–Kier alpha value is -1.62. The Kier molecular flexibility index (Phi) is 2.48. The number of pyridine rings is 1. The van der Waals surface area contributed by atoms with Gasteiger partial charge in [0.25, 0.3) is 0 Å². The molecule has 0 bridgehead atoms. The van der Waals surface area contributed by atoms with Crippen molar-refractivity contribution < 1.29 is 0 Å². The van der Waals surface area contributed by atoms with Gasteiger partial charge in [-0.2, -0.15) is 5.10 Å². The normalized spacial score (nSPS) is 16.8. The smallest absolute Gasteiger partial charge is 0.159 e. The van der Waals surface area contributed by atoms with E-state index in [1.165, 1.54) is 25.7 Å². The Labute approximate surface area is 100.0 Å². The first-order valence-corrected chi connectivity index (χ1v) is 6.09. The van der Waals surface area contributed by atoms with Gasteiger partial charge in [-0.05, 0) is 18.9 Å². The van der Waals surface area contributed by atoms with Gasteiger partial charge in [0.15, 0.2) is 5.65 Å². The van der Waals surface area contributed by atoms with Crippen molar-refractivity contribution in [1.29, 1.82) is 0 Å². The minimum atomic E-state index is 0.585. The van der Waals surface area contributed by atoms with Crippen molar-refractivity contribution in [3.05, 3.63) is 18.0 Å². The number of nitrogens with one attached hydrogen (secondary N) is 1. The summed E-state index contributed by atoms with van der Waals surface area (Å²) in [6.45, 7) is 0. The number of aromatic nitrogens is 3. The molecule has 0 unspecified atom stereocenters. The fourth-order valence-electron chi connectivity index (χ4n) is 2.68. The van der Waals surface area contributed by atoms with Gasteiger partial charge in [-0.25, -0.2) is 4.98 Å². The van der Waals surface area contributed by atoms with Crippen molar-refractivity contribution in [1.82, 2.24) is 14.8 Å². The fourth-order valence-corrected chi connectivity index (χ4v) is 2.68. The van der Waals surface area contributed by atoms with E-state index in [4.69, 9.17) is 10.8 Å². The van der Waals surface area contributed by atoms with Crippen LogP contribution in [0.25, 0.3) is 11.0 Å². The second-order valence-electron chi connectivity index (χ2n) is 4.73. The third-order valence-electron chi connectivity index (χ3n) is 3.65. The van der Waals surface area contributed by atoms with Crippen molar-refractivity contribution in [2.75, 3.05) is 5.43 Å². The zero-order valence-electron chi connectivity index (χ0n) is 9.98. The minimum absolute atomic E-state index is 0.585. The van der Waals surface area contributed by atoms with Gasteiger partial charge in [0.2, 0.25) is 0 Å². The predicted molar refractivity (Wildman–Crippen MR) is 67.5 cm³/mol. The molecule has 0 atom stereocenters. The Bertz CT molecular complexity index is 539. The molecule has 0 aliphatic heterocycles. The summed E-state index contributed by atoms with van der Waals surface area (Å²) >= 11 is 0. The molecular formula is C12H17N5. The summed E-state index contributed by atoms with van der Waals surface area (Å²) in [7, 11) is 1.91. The second-order valence-corrected chi connectivity index (χ2v) is 4.73. The summed E-state index contributed by atoms with van der Waals surface area (Å²) in [5.74, 6) is 6.16. The number of aryl methyl sites for hydroxylation is 1. The maximum atomic E-state index is 5.58. The monoisotopic (exact) mass is 231 g/mol. The molecule has 17 heavy (non-hydrogen) atoms. The van der Waals surface area contributed by atoms with Crippen LogP contribution >= 0.6 is 0 Å². The number of hydrogen-bond acceptors (Lipinski definition) is 4. The lowest BCUT2D eigenvalue weighted by molar-refractivity contribution is 0.695. The van der Waals surface area contributed by atoms with Gasteiger partial charge < -0.3 is 5.43 Å². The fraction of sp³-hybridized carbons (Fsp3) is 0.500. The number of nitrogens with two attached hydrogens (primary N) is 1. The maximum Gasteiger partial charge on any atom is 0.159 e. The quantitative estimate of drug-likeness (QED) is 0.612. The van der Waals surface area contributed by atoms with Crippen LogP contribution in [0, 0.1) is 0 Å². The average Bonchev–Trinajstić information content (AvgIpc) is 2.98. The van der Waals surface area contributed by atoms with Crippen LogP contribution in [0.2, 0.25) is 0 Å². The molecule has 1 aliphatic rings. The zero-order chi connectivity index (χ0) is 11.8. The third kappa shape index (κ3) is 1.67. The Morgan fingerprint density at radius 2 is 2.18 bits per heavy atom. The highest BCUT2D eigenvalue weighted by Crippen LogP contribution is 2.35. The standard InChI is InChI=1S/C12H17N5/c1-17-12-9(7-14-17)11(16-13)6-10(15-12)8-4-2-3-5-8/h6-8H,2-5,13H2,1H3,(H,15,16). The Morgan fingerprint density at radius 3 is 2.88 bits per heavy atom. The molecule has 3 N–H and O–H groups in total. The van der Waals surface area contributed by atoms with Crippen LogP contribution < -0.4 is 11.3 Å². The lowest BCUT2D eigenvalue weighted by atomic mass is 10.0. The molecule has 5 nitrogen and oxygen atoms in total. The molecule has 2 heterocycles. The van der Waals surface area contributed by atoms with Crippen molar-refractivity contribution in [3.8, 4) is 0 Å². The first kappa shape index (κ1) is 10.5. The third-order valence-corrected chi connectivity index (χ3v) is 3.65. The molecule has 0 spiro atoms. The van der Waals surface area contributed by atoms with Gasteiger partial charge in [-0.3, -0.25) is 10.5 Å². The molecule has 0 aromatic carbocycles. The van der Waals surface area contributed by atoms with E-state index in [9.17, 15) is 0 Å². The molecule has 3 rings (SSSR count). The predicted octanol–water partition coefficient (Wildman–Crippen LogP) is 1.91. The van der Waals surface area contributed by atoms with Crippen LogP contribution in [0.15, 0.2) is 12.3 Å². The molecule has 0 amide bonds. The van der Waals surface area contributed by atoms with Crippen LogP contribution in [0.1, 0.15) is 37.3 Å². The van der Waals surface area contributed by atoms with Crippen molar-refractivity contribution in [2.24, 2.45) is 12.9 Å². The van der Waals surface area contributed by atoms with Gasteiger partial charge in [-0.15, -0.1) is 0 Å². The van der Waals surface area contributed by atoms with Crippen LogP contribution in [0.5, 0.6) is 0 Å². The number of hydrogen-bond donors (Lipinski definition) is 2. The van der Waals surface area contributed by atoms with E-state index in [1.54, 1.807) is 10.9 Å². The molecule has 0 saturated heterocycles. The van der Waals surface area contributed by atoms with E-state index in [-0.39, 0.29) is 0 Å². The zero-order valence-corrected chi connectivity index (χ0v) is 9.98.